The fraction of sp³-hybridized carbons (Fsp3) is 1.00. The highest BCUT2D eigenvalue weighted by atomic mass is 32.2. The van der Waals surface area contributed by atoms with Crippen molar-refractivity contribution >= 4 is 9.84 Å². The molecule has 0 amide bonds. The van der Waals surface area contributed by atoms with Gasteiger partial charge in [-0.25, -0.2) is 8.42 Å². The number of rotatable bonds is 5. The Morgan fingerprint density at radius 1 is 1.57 bits per heavy atom. The maximum absolute atomic E-state index is 11.6. The van der Waals surface area contributed by atoms with E-state index in [1.807, 2.05) is 6.92 Å². The monoisotopic (exact) mass is 221 g/mol. The largest absolute Gasteiger partial charge is 0.381 e. The van der Waals surface area contributed by atoms with Gasteiger partial charge in [-0.1, -0.05) is 6.92 Å². The van der Waals surface area contributed by atoms with Gasteiger partial charge in [0.2, 0.25) is 0 Å². The third-order valence-electron chi connectivity index (χ3n) is 2.51. The van der Waals surface area contributed by atoms with Crippen LogP contribution in [-0.2, 0) is 14.6 Å². The lowest BCUT2D eigenvalue weighted by molar-refractivity contribution is 0.188. The molecule has 0 spiro atoms. The van der Waals surface area contributed by atoms with E-state index in [0.717, 1.165) is 6.42 Å². The van der Waals surface area contributed by atoms with Crippen LogP contribution >= 0.6 is 0 Å². The highest BCUT2D eigenvalue weighted by Gasteiger charge is 2.24. The van der Waals surface area contributed by atoms with Gasteiger partial charge < -0.3 is 10.5 Å². The number of hydrogen-bond acceptors (Lipinski definition) is 4. The highest BCUT2D eigenvalue weighted by Crippen LogP contribution is 2.15. The van der Waals surface area contributed by atoms with Gasteiger partial charge in [-0.15, -0.1) is 0 Å². The Morgan fingerprint density at radius 3 is 2.79 bits per heavy atom. The second-order valence-electron chi connectivity index (χ2n) is 3.97. The molecule has 5 heteroatoms. The summed E-state index contributed by atoms with van der Waals surface area (Å²) >= 11 is 0. The summed E-state index contributed by atoms with van der Waals surface area (Å²) in [6, 6.07) is -0.220. The zero-order valence-corrected chi connectivity index (χ0v) is 9.42. The summed E-state index contributed by atoms with van der Waals surface area (Å²) in [5.74, 6) is 0.532. The molecular formula is C9H19NO3S. The quantitative estimate of drug-likeness (QED) is 0.718. The molecule has 0 aliphatic carbocycles. The average molecular weight is 221 g/mol. The Balaban J connectivity index is 2.40. The lowest BCUT2D eigenvalue weighted by Crippen LogP contribution is -2.31. The van der Waals surface area contributed by atoms with Gasteiger partial charge in [0.1, 0.15) is 0 Å². The van der Waals surface area contributed by atoms with Crippen LogP contribution in [0.4, 0.5) is 0 Å². The van der Waals surface area contributed by atoms with Crippen molar-refractivity contribution in [2.45, 2.75) is 25.8 Å². The first kappa shape index (κ1) is 11.9. The van der Waals surface area contributed by atoms with Crippen molar-refractivity contribution < 1.29 is 13.2 Å². The predicted octanol–water partition coefficient (Wildman–Crippen LogP) is 0.175. The molecule has 0 saturated carbocycles. The molecule has 0 bridgehead atoms. The van der Waals surface area contributed by atoms with E-state index in [1.165, 1.54) is 0 Å². The Labute approximate surface area is 85.7 Å². The van der Waals surface area contributed by atoms with E-state index in [-0.39, 0.29) is 23.5 Å². The topological polar surface area (TPSA) is 69.4 Å². The lowest BCUT2D eigenvalue weighted by atomic mass is 10.2. The maximum Gasteiger partial charge on any atom is 0.152 e. The van der Waals surface area contributed by atoms with Crippen molar-refractivity contribution in [2.75, 3.05) is 24.7 Å². The number of ether oxygens (including phenoxy) is 1. The minimum atomic E-state index is -2.98. The molecule has 0 aromatic rings. The van der Waals surface area contributed by atoms with Crippen LogP contribution in [0.15, 0.2) is 0 Å². The Kier molecular flexibility index (Phi) is 4.34. The molecule has 0 aromatic carbocycles. The summed E-state index contributed by atoms with van der Waals surface area (Å²) in [7, 11) is -2.98. The van der Waals surface area contributed by atoms with Gasteiger partial charge in [-0.2, -0.15) is 0 Å². The van der Waals surface area contributed by atoms with Gasteiger partial charge >= 0.3 is 0 Å². The van der Waals surface area contributed by atoms with Gasteiger partial charge in [0.15, 0.2) is 9.84 Å². The van der Waals surface area contributed by atoms with Crippen LogP contribution in [0.25, 0.3) is 0 Å². The molecule has 84 valence electrons. The Morgan fingerprint density at radius 2 is 2.29 bits per heavy atom. The van der Waals surface area contributed by atoms with Gasteiger partial charge in [-0.05, 0) is 18.8 Å². The summed E-state index contributed by atoms with van der Waals surface area (Å²) in [4.78, 5) is 0. The van der Waals surface area contributed by atoms with Crippen LogP contribution in [0.3, 0.4) is 0 Å². The predicted molar refractivity (Wildman–Crippen MR) is 55.8 cm³/mol. The third kappa shape index (κ3) is 3.94. The molecule has 0 aromatic heterocycles. The average Bonchev–Trinajstić information content (AvgIpc) is 2.54. The smallest absolute Gasteiger partial charge is 0.152 e. The fourth-order valence-electron chi connectivity index (χ4n) is 1.59. The molecule has 2 N–H and O–H groups in total. The van der Waals surface area contributed by atoms with Crippen molar-refractivity contribution in [3.8, 4) is 0 Å². The van der Waals surface area contributed by atoms with Crippen molar-refractivity contribution in [1.29, 1.82) is 0 Å². The molecule has 2 atom stereocenters. The first-order valence-electron chi connectivity index (χ1n) is 5.07. The summed E-state index contributed by atoms with van der Waals surface area (Å²) in [5, 5.41) is 0. The molecule has 1 rings (SSSR count). The molecule has 1 saturated heterocycles. The zero-order chi connectivity index (χ0) is 10.6. The van der Waals surface area contributed by atoms with Crippen molar-refractivity contribution in [1.82, 2.24) is 0 Å². The van der Waals surface area contributed by atoms with Gasteiger partial charge in [0.25, 0.3) is 0 Å². The highest BCUT2D eigenvalue weighted by molar-refractivity contribution is 7.91. The zero-order valence-electron chi connectivity index (χ0n) is 8.61. The third-order valence-corrected chi connectivity index (χ3v) is 4.42. The van der Waals surface area contributed by atoms with E-state index in [2.05, 4.69) is 0 Å². The molecule has 2 unspecified atom stereocenters. The normalized spacial score (nSPS) is 25.1. The van der Waals surface area contributed by atoms with E-state index < -0.39 is 9.84 Å². The van der Waals surface area contributed by atoms with Crippen LogP contribution in [0, 0.1) is 5.92 Å². The molecule has 1 aliphatic heterocycles. The van der Waals surface area contributed by atoms with Crippen molar-refractivity contribution in [3.63, 3.8) is 0 Å². The van der Waals surface area contributed by atoms with E-state index in [9.17, 15) is 8.42 Å². The number of sulfone groups is 1. The molecular weight excluding hydrogens is 202 g/mol. The first-order chi connectivity index (χ1) is 6.53. The van der Waals surface area contributed by atoms with Gasteiger partial charge in [0, 0.05) is 12.6 Å². The molecule has 1 fully saturated rings. The van der Waals surface area contributed by atoms with Crippen LogP contribution in [0.2, 0.25) is 0 Å². The minimum absolute atomic E-state index is 0.111. The van der Waals surface area contributed by atoms with Gasteiger partial charge in [0.05, 0.1) is 18.1 Å². The number of hydrogen-bond donors (Lipinski definition) is 1. The molecule has 4 nitrogen and oxygen atoms in total. The van der Waals surface area contributed by atoms with E-state index in [0.29, 0.717) is 19.6 Å². The van der Waals surface area contributed by atoms with E-state index >= 15 is 0 Å². The van der Waals surface area contributed by atoms with Crippen molar-refractivity contribution in [3.05, 3.63) is 0 Å². The van der Waals surface area contributed by atoms with Crippen LogP contribution in [-0.4, -0.2) is 39.2 Å². The lowest BCUT2D eigenvalue weighted by Gasteiger charge is -2.12. The van der Waals surface area contributed by atoms with Crippen LogP contribution in [0.5, 0.6) is 0 Å². The molecule has 1 aliphatic rings. The van der Waals surface area contributed by atoms with E-state index in [1.54, 1.807) is 0 Å². The van der Waals surface area contributed by atoms with Gasteiger partial charge in [-0.3, -0.25) is 0 Å². The van der Waals surface area contributed by atoms with Crippen LogP contribution < -0.4 is 5.73 Å². The summed E-state index contributed by atoms with van der Waals surface area (Å²) in [6.45, 7) is 3.18. The van der Waals surface area contributed by atoms with Crippen LogP contribution in [0.1, 0.15) is 19.8 Å². The fourth-order valence-corrected chi connectivity index (χ4v) is 3.59. The maximum atomic E-state index is 11.6. The summed E-state index contributed by atoms with van der Waals surface area (Å²) in [5.41, 5.74) is 5.62. The standard InChI is InChI=1S/C9H19NO3S/c1-2-9(10)7-14(11,12)6-8-3-4-13-5-8/h8-9H,2-7,10H2,1H3. The number of nitrogens with two attached hydrogens (primary N) is 1. The first-order valence-corrected chi connectivity index (χ1v) is 6.89. The second-order valence-corrected chi connectivity index (χ2v) is 6.13. The minimum Gasteiger partial charge on any atom is -0.381 e. The van der Waals surface area contributed by atoms with E-state index in [4.69, 9.17) is 10.5 Å². The molecule has 1 heterocycles. The Hall–Kier alpha value is -0.130. The molecule has 14 heavy (non-hydrogen) atoms. The summed E-state index contributed by atoms with van der Waals surface area (Å²) in [6.07, 6.45) is 1.57. The summed E-state index contributed by atoms with van der Waals surface area (Å²) < 4.78 is 28.4. The van der Waals surface area contributed by atoms with Crippen molar-refractivity contribution in [2.24, 2.45) is 11.7 Å². The molecule has 0 radical (unpaired) electrons. The SMILES string of the molecule is CCC(N)CS(=O)(=O)CC1CCOC1. The second kappa shape index (κ2) is 5.09. The Bertz CT molecular complexity index is 257.